The van der Waals surface area contributed by atoms with Gasteiger partial charge in [-0.2, -0.15) is 31.4 Å². The van der Waals surface area contributed by atoms with E-state index in [9.17, 15) is 45.8 Å². The molecule has 0 aliphatic heterocycles. The Bertz CT molecular complexity index is 1100. The van der Waals surface area contributed by atoms with Crippen molar-refractivity contribution in [3.05, 3.63) is 41.7 Å². The van der Waals surface area contributed by atoms with Crippen molar-refractivity contribution in [2.75, 3.05) is 4.90 Å². The van der Waals surface area contributed by atoms with E-state index in [1.165, 1.54) is 20.8 Å². The van der Waals surface area contributed by atoms with Gasteiger partial charge in [0.05, 0.1) is 12.1 Å². The molecular formula is C20H20F6N4O5. The van der Waals surface area contributed by atoms with Crippen molar-refractivity contribution in [1.29, 1.82) is 0 Å². The van der Waals surface area contributed by atoms with Crippen LogP contribution in [-0.4, -0.2) is 44.5 Å². The van der Waals surface area contributed by atoms with Gasteiger partial charge in [-0.1, -0.05) is 0 Å². The van der Waals surface area contributed by atoms with Crippen LogP contribution >= 0.6 is 0 Å². The lowest BCUT2D eigenvalue weighted by Crippen LogP contribution is -2.49. The van der Waals surface area contributed by atoms with Crippen molar-refractivity contribution >= 4 is 23.7 Å². The zero-order chi connectivity index (χ0) is 26.9. The fourth-order valence-corrected chi connectivity index (χ4v) is 2.88. The summed E-state index contributed by atoms with van der Waals surface area (Å²) in [5, 5.41) is 12.5. The second kappa shape index (κ2) is 9.46. The molecule has 0 spiro atoms. The van der Waals surface area contributed by atoms with Crippen LogP contribution in [0.15, 0.2) is 30.3 Å². The minimum Gasteiger partial charge on any atom is -0.480 e. The third-order valence-electron chi connectivity index (χ3n) is 4.24. The molecule has 192 valence electrons. The van der Waals surface area contributed by atoms with Crippen LogP contribution in [0, 0.1) is 0 Å². The lowest BCUT2D eigenvalue weighted by atomic mass is 10.1. The van der Waals surface area contributed by atoms with Gasteiger partial charge in [0.25, 0.3) is 0 Å². The molecule has 2 rings (SSSR count). The summed E-state index contributed by atoms with van der Waals surface area (Å²) in [6, 6.07) is 1.70. The summed E-state index contributed by atoms with van der Waals surface area (Å²) < 4.78 is 84.0. The van der Waals surface area contributed by atoms with Crippen molar-refractivity contribution in [1.82, 2.24) is 9.78 Å². The highest BCUT2D eigenvalue weighted by molar-refractivity contribution is 5.97. The fraction of sp³-hybridized carbons (Fsp3) is 0.400. The first-order chi connectivity index (χ1) is 15.8. The van der Waals surface area contributed by atoms with E-state index in [4.69, 9.17) is 10.5 Å². The Morgan fingerprint density at radius 2 is 1.60 bits per heavy atom. The topological polar surface area (TPSA) is 128 Å². The van der Waals surface area contributed by atoms with Crippen molar-refractivity contribution in [2.24, 2.45) is 5.73 Å². The number of alkyl halides is 6. The van der Waals surface area contributed by atoms with Crippen molar-refractivity contribution in [2.45, 2.75) is 51.2 Å². The first-order valence-electron chi connectivity index (χ1n) is 9.69. The zero-order valence-corrected chi connectivity index (χ0v) is 18.4. The van der Waals surface area contributed by atoms with E-state index in [1.807, 2.05) is 0 Å². The summed E-state index contributed by atoms with van der Waals surface area (Å²) in [5.74, 6) is -2.71. The summed E-state index contributed by atoms with van der Waals surface area (Å²) in [4.78, 5) is 36.4. The molecule has 9 nitrogen and oxygen atoms in total. The number of hydrogen-bond donors (Lipinski definition) is 2. The number of carboxylic acids is 1. The molecule has 0 bridgehead atoms. The van der Waals surface area contributed by atoms with Gasteiger partial charge < -0.3 is 15.6 Å². The maximum atomic E-state index is 13.3. The number of aliphatic carboxylic acids is 1. The lowest BCUT2D eigenvalue weighted by Gasteiger charge is -2.31. The quantitative estimate of drug-likeness (QED) is 0.566. The molecule has 35 heavy (non-hydrogen) atoms. The monoisotopic (exact) mass is 510 g/mol. The number of carboxylic acid groups (broad SMARTS) is 1. The summed E-state index contributed by atoms with van der Waals surface area (Å²) in [5.41, 5.74) is -0.226. The second-order valence-electron chi connectivity index (χ2n) is 8.21. The van der Waals surface area contributed by atoms with Gasteiger partial charge in [-0.3, -0.25) is 9.69 Å². The van der Waals surface area contributed by atoms with Crippen molar-refractivity contribution in [3.63, 3.8) is 0 Å². The molecule has 0 unspecified atom stereocenters. The minimum absolute atomic E-state index is 0.0164. The molecular weight excluding hydrogens is 490 g/mol. The second-order valence-corrected chi connectivity index (χ2v) is 8.21. The molecule has 0 saturated heterocycles. The van der Waals surface area contributed by atoms with E-state index in [-0.39, 0.29) is 16.4 Å². The van der Waals surface area contributed by atoms with Crippen LogP contribution in [0.3, 0.4) is 0 Å². The fourth-order valence-electron chi connectivity index (χ4n) is 2.88. The summed E-state index contributed by atoms with van der Waals surface area (Å²) in [6.07, 6.45) is -12.4. The summed E-state index contributed by atoms with van der Waals surface area (Å²) in [7, 11) is 0. The lowest BCUT2D eigenvalue weighted by molar-refractivity contribution is -0.143. The van der Waals surface area contributed by atoms with Gasteiger partial charge >= 0.3 is 24.4 Å². The van der Waals surface area contributed by atoms with E-state index in [1.54, 1.807) is 0 Å². The highest BCUT2D eigenvalue weighted by atomic mass is 19.4. The average Bonchev–Trinajstić information content (AvgIpc) is 3.12. The van der Waals surface area contributed by atoms with Gasteiger partial charge in [-0.05, 0) is 45.0 Å². The van der Waals surface area contributed by atoms with E-state index in [0.29, 0.717) is 4.90 Å². The number of ether oxygens (including phenoxy) is 1. The van der Waals surface area contributed by atoms with Crippen LogP contribution in [-0.2, 0) is 26.7 Å². The number of rotatable bonds is 6. The van der Waals surface area contributed by atoms with Gasteiger partial charge in [0.1, 0.15) is 17.3 Å². The molecule has 0 aliphatic carbocycles. The van der Waals surface area contributed by atoms with Crippen LogP contribution in [0.4, 0.5) is 36.8 Å². The molecule has 1 aromatic carbocycles. The van der Waals surface area contributed by atoms with E-state index in [0.717, 1.165) is 24.3 Å². The van der Waals surface area contributed by atoms with Crippen LogP contribution in [0.5, 0.6) is 0 Å². The van der Waals surface area contributed by atoms with E-state index >= 15 is 0 Å². The third kappa shape index (κ3) is 6.86. The largest absolute Gasteiger partial charge is 0.480 e. The van der Waals surface area contributed by atoms with Crippen LogP contribution in [0.25, 0.3) is 5.69 Å². The molecule has 1 aromatic heterocycles. The number of hydrogen-bond acceptors (Lipinski definition) is 5. The number of benzene rings is 1. The van der Waals surface area contributed by atoms with Crippen LogP contribution in [0.2, 0.25) is 0 Å². The predicted octanol–water partition coefficient (Wildman–Crippen LogP) is 3.98. The third-order valence-corrected chi connectivity index (χ3v) is 4.24. The van der Waals surface area contributed by atoms with Gasteiger partial charge in [0.15, 0.2) is 5.69 Å². The molecule has 0 fully saturated rings. The van der Waals surface area contributed by atoms with Crippen LogP contribution in [0.1, 0.15) is 38.6 Å². The standard InChI is InChI=1S/C20H20F6N4O5/c1-18(2,3)35-17(34)29(12(16(32)33)8-15(27)31)10-4-6-11(7-5-10)30-14(20(24,25)26)9-13(28-30)19(21,22)23/h4-7,9,12H,8H2,1-3H3,(H2,27,31)(H,32,33)/t12-/m0/s1. The molecule has 1 heterocycles. The number of carbonyl (C=O) groups is 3. The van der Waals surface area contributed by atoms with E-state index < -0.39 is 65.5 Å². The number of primary amides is 1. The number of nitrogens with two attached hydrogens (primary N) is 1. The number of carbonyl (C=O) groups excluding carboxylic acids is 2. The smallest absolute Gasteiger partial charge is 0.435 e. The highest BCUT2D eigenvalue weighted by Crippen LogP contribution is 2.36. The molecule has 3 N–H and O–H groups in total. The summed E-state index contributed by atoms with van der Waals surface area (Å²) in [6.45, 7) is 4.43. The molecule has 0 saturated carbocycles. The zero-order valence-electron chi connectivity index (χ0n) is 18.4. The van der Waals surface area contributed by atoms with Gasteiger partial charge in [0, 0.05) is 11.8 Å². The van der Waals surface area contributed by atoms with Gasteiger partial charge in [-0.15, -0.1) is 0 Å². The number of anilines is 1. The highest BCUT2D eigenvalue weighted by Gasteiger charge is 2.42. The minimum atomic E-state index is -5.19. The Balaban J connectivity index is 2.60. The molecule has 2 amide bonds. The van der Waals surface area contributed by atoms with Crippen LogP contribution < -0.4 is 10.6 Å². The number of nitrogens with zero attached hydrogens (tertiary/aromatic N) is 3. The van der Waals surface area contributed by atoms with Gasteiger partial charge in [-0.25, -0.2) is 14.3 Å². The van der Waals surface area contributed by atoms with Gasteiger partial charge in [0.2, 0.25) is 5.91 Å². The number of aromatic nitrogens is 2. The molecule has 0 aliphatic rings. The molecule has 15 heteroatoms. The Hall–Kier alpha value is -3.78. The number of halogens is 6. The maximum Gasteiger partial charge on any atom is 0.435 e. The van der Waals surface area contributed by atoms with Crippen molar-refractivity contribution in [3.8, 4) is 5.69 Å². The SMILES string of the molecule is CC(C)(C)OC(=O)N(c1ccc(-n2nc(C(F)(F)F)cc2C(F)(F)F)cc1)[C@@H](CC(N)=O)C(=O)O. The number of amides is 2. The predicted molar refractivity (Wildman–Crippen MR) is 108 cm³/mol. The Morgan fingerprint density at radius 1 is 1.06 bits per heavy atom. The Labute approximate surface area is 194 Å². The average molecular weight is 510 g/mol. The normalized spacial score (nSPS) is 13.3. The molecule has 1 atom stereocenters. The van der Waals surface area contributed by atoms with Crippen molar-refractivity contribution < 1.29 is 50.6 Å². The first-order valence-corrected chi connectivity index (χ1v) is 9.69. The first kappa shape index (κ1) is 27.5. The maximum absolute atomic E-state index is 13.3. The van der Waals surface area contributed by atoms with E-state index in [2.05, 4.69) is 5.10 Å². The molecule has 2 aromatic rings. The molecule has 0 radical (unpaired) electrons. The Morgan fingerprint density at radius 3 is 2.00 bits per heavy atom. The Kier molecular flexibility index (Phi) is 7.42. The summed E-state index contributed by atoms with van der Waals surface area (Å²) >= 11 is 0.